The third-order valence-electron chi connectivity index (χ3n) is 1.47. The average Bonchev–Trinajstić information content (AvgIpc) is 1.99. The molecule has 0 spiro atoms. The molecule has 11 heavy (non-hydrogen) atoms. The highest BCUT2D eigenvalue weighted by Gasteiger charge is 2.10. The van der Waals surface area contributed by atoms with E-state index in [1.54, 1.807) is 0 Å². The predicted octanol–water partition coefficient (Wildman–Crippen LogP) is 1.24. The van der Waals surface area contributed by atoms with Crippen LogP contribution in [0.1, 0.15) is 6.42 Å². The topological polar surface area (TPSA) is 43.7 Å². The molecule has 0 saturated carbocycles. The van der Waals surface area contributed by atoms with Crippen molar-refractivity contribution < 1.29 is 10.3 Å². The third-order valence-corrected chi connectivity index (χ3v) is 2.39. The van der Waals surface area contributed by atoms with Crippen molar-refractivity contribution in [2.24, 2.45) is 0 Å². The summed E-state index contributed by atoms with van der Waals surface area (Å²) in [5.74, 6) is 0. The van der Waals surface area contributed by atoms with Gasteiger partial charge < -0.3 is 5.11 Å². The van der Waals surface area contributed by atoms with Crippen LogP contribution in [0.15, 0.2) is 22.3 Å². The lowest BCUT2D eigenvalue weighted by atomic mass is 10.1. The van der Waals surface area contributed by atoms with Gasteiger partial charge in [0, 0.05) is 6.61 Å². The Hall–Kier alpha value is -0.320. The minimum absolute atomic E-state index is 0.0998. The molecule has 1 aliphatic heterocycles. The first-order valence-electron chi connectivity index (χ1n) is 3.38. The molecular formula is C7H10BrNO2. The molecule has 1 rings (SSSR count). The molecular weight excluding hydrogens is 210 g/mol. The molecule has 3 nitrogen and oxygen atoms in total. The van der Waals surface area contributed by atoms with Gasteiger partial charge in [0.05, 0.1) is 6.54 Å². The first-order valence-corrected chi connectivity index (χ1v) is 4.17. The van der Waals surface area contributed by atoms with Gasteiger partial charge >= 0.3 is 0 Å². The lowest BCUT2D eigenvalue weighted by Gasteiger charge is -2.20. The van der Waals surface area contributed by atoms with Crippen molar-refractivity contribution in [3.63, 3.8) is 0 Å². The van der Waals surface area contributed by atoms with Crippen LogP contribution in [-0.4, -0.2) is 28.5 Å². The fourth-order valence-electron chi connectivity index (χ4n) is 0.916. The Morgan fingerprint density at radius 3 is 3.00 bits per heavy atom. The Morgan fingerprint density at radius 1 is 1.64 bits per heavy atom. The molecule has 0 unspecified atom stereocenters. The molecule has 0 fully saturated rings. The summed E-state index contributed by atoms with van der Waals surface area (Å²) in [5.41, 5.74) is 0.918. The zero-order valence-corrected chi connectivity index (χ0v) is 7.58. The number of halogens is 1. The third kappa shape index (κ3) is 2.05. The van der Waals surface area contributed by atoms with Crippen molar-refractivity contribution in [1.29, 1.82) is 0 Å². The van der Waals surface area contributed by atoms with Crippen molar-refractivity contribution in [3.8, 4) is 0 Å². The molecule has 0 radical (unpaired) electrons. The number of hydroxylamine groups is 2. The normalized spacial score (nSPS) is 17.9. The highest BCUT2D eigenvalue weighted by Crippen LogP contribution is 2.22. The fraction of sp³-hybridized carbons (Fsp3) is 0.429. The lowest BCUT2D eigenvalue weighted by molar-refractivity contribution is -0.0353. The van der Waals surface area contributed by atoms with Crippen LogP contribution in [0.25, 0.3) is 0 Å². The van der Waals surface area contributed by atoms with Gasteiger partial charge in [-0.15, -0.1) is 0 Å². The highest BCUT2D eigenvalue weighted by molar-refractivity contribution is 9.11. The van der Waals surface area contributed by atoms with Gasteiger partial charge in [-0.05, 0) is 27.9 Å². The van der Waals surface area contributed by atoms with Crippen molar-refractivity contribution in [2.45, 2.75) is 6.42 Å². The maximum Gasteiger partial charge on any atom is 0.110 e. The number of aliphatic hydroxyl groups excluding tert-OH is 1. The number of allylic oxidation sites excluding steroid dienone is 1. The van der Waals surface area contributed by atoms with E-state index in [4.69, 9.17) is 5.11 Å². The molecule has 4 heteroatoms. The lowest BCUT2D eigenvalue weighted by Crippen LogP contribution is -2.19. The first kappa shape index (κ1) is 8.77. The minimum atomic E-state index is 0.0998. The Morgan fingerprint density at radius 2 is 2.36 bits per heavy atom. The average molecular weight is 220 g/mol. The maximum absolute atomic E-state index is 9.17. The standard InChI is InChI=1S/C7H10BrNO2/c8-7-6(3-5-10)2-1-4-9(7)11/h1-2,10-11H,3-5H2. The Bertz CT molecular complexity index is 201. The molecule has 62 valence electrons. The number of hydrogen-bond acceptors (Lipinski definition) is 3. The molecule has 0 aromatic carbocycles. The van der Waals surface area contributed by atoms with Crippen molar-refractivity contribution >= 4 is 15.9 Å². The van der Waals surface area contributed by atoms with Crippen LogP contribution in [0.5, 0.6) is 0 Å². The summed E-state index contributed by atoms with van der Waals surface area (Å²) in [6.45, 7) is 0.595. The van der Waals surface area contributed by atoms with Crippen molar-refractivity contribution in [1.82, 2.24) is 5.06 Å². The Labute approximate surface area is 73.7 Å². The van der Waals surface area contributed by atoms with E-state index in [1.165, 1.54) is 0 Å². The number of aliphatic hydroxyl groups is 1. The van der Waals surface area contributed by atoms with Gasteiger partial charge in [-0.2, -0.15) is 0 Å². The van der Waals surface area contributed by atoms with Crippen LogP contribution < -0.4 is 0 Å². The molecule has 0 amide bonds. The number of rotatable bonds is 2. The quantitative estimate of drug-likeness (QED) is 0.688. The van der Waals surface area contributed by atoms with Crippen LogP contribution in [0.4, 0.5) is 0 Å². The Balaban J connectivity index is 2.72. The van der Waals surface area contributed by atoms with E-state index in [1.807, 2.05) is 12.2 Å². The van der Waals surface area contributed by atoms with Crippen LogP contribution in [-0.2, 0) is 0 Å². The highest BCUT2D eigenvalue weighted by atomic mass is 79.9. The van der Waals surface area contributed by atoms with E-state index in [0.717, 1.165) is 10.6 Å². The molecule has 0 aromatic heterocycles. The molecule has 0 bridgehead atoms. The van der Waals surface area contributed by atoms with Gasteiger partial charge in [-0.1, -0.05) is 12.2 Å². The summed E-state index contributed by atoms with van der Waals surface area (Å²) in [4.78, 5) is 0. The van der Waals surface area contributed by atoms with E-state index in [0.29, 0.717) is 17.6 Å². The van der Waals surface area contributed by atoms with Gasteiger partial charge in [0.2, 0.25) is 0 Å². The summed E-state index contributed by atoms with van der Waals surface area (Å²) < 4.78 is 0.647. The Kier molecular flexibility index (Phi) is 3.11. The molecule has 2 N–H and O–H groups in total. The molecule has 1 aliphatic rings. The molecule has 0 aliphatic carbocycles. The van der Waals surface area contributed by atoms with E-state index in [9.17, 15) is 5.21 Å². The van der Waals surface area contributed by atoms with Crippen LogP contribution in [0, 0.1) is 0 Å². The van der Waals surface area contributed by atoms with Gasteiger partial charge in [-0.25, -0.2) is 5.06 Å². The van der Waals surface area contributed by atoms with E-state index >= 15 is 0 Å². The van der Waals surface area contributed by atoms with Crippen LogP contribution in [0.2, 0.25) is 0 Å². The second-order valence-electron chi connectivity index (χ2n) is 2.27. The molecule has 0 saturated heterocycles. The predicted molar refractivity (Wildman–Crippen MR) is 45.3 cm³/mol. The number of hydrogen-bond donors (Lipinski definition) is 2. The van der Waals surface area contributed by atoms with Crippen LogP contribution in [0.3, 0.4) is 0 Å². The summed E-state index contributed by atoms with van der Waals surface area (Å²) in [7, 11) is 0. The fourth-order valence-corrected chi connectivity index (χ4v) is 1.39. The summed E-state index contributed by atoms with van der Waals surface area (Å²) in [6, 6.07) is 0. The molecule has 0 atom stereocenters. The largest absolute Gasteiger partial charge is 0.396 e. The summed E-state index contributed by atoms with van der Waals surface area (Å²) in [5, 5.41) is 18.9. The minimum Gasteiger partial charge on any atom is -0.396 e. The summed E-state index contributed by atoms with van der Waals surface area (Å²) in [6.07, 6.45) is 4.30. The van der Waals surface area contributed by atoms with Crippen molar-refractivity contribution in [3.05, 3.63) is 22.3 Å². The molecule has 0 aromatic rings. The van der Waals surface area contributed by atoms with Gasteiger partial charge in [0.1, 0.15) is 4.61 Å². The van der Waals surface area contributed by atoms with Gasteiger partial charge in [0.25, 0.3) is 0 Å². The number of nitrogens with zero attached hydrogens (tertiary/aromatic N) is 1. The SMILES string of the molecule is OCCC1=C(Br)N(O)CC=C1. The van der Waals surface area contributed by atoms with Gasteiger partial charge in [-0.3, -0.25) is 5.21 Å². The molecule has 1 heterocycles. The summed E-state index contributed by atoms with van der Waals surface area (Å²) >= 11 is 3.21. The van der Waals surface area contributed by atoms with E-state index < -0.39 is 0 Å². The van der Waals surface area contributed by atoms with Gasteiger partial charge in [0.15, 0.2) is 0 Å². The van der Waals surface area contributed by atoms with Crippen molar-refractivity contribution in [2.75, 3.05) is 13.2 Å². The first-order chi connectivity index (χ1) is 5.25. The van der Waals surface area contributed by atoms with E-state index in [-0.39, 0.29) is 6.61 Å². The second kappa shape index (κ2) is 3.90. The zero-order valence-electron chi connectivity index (χ0n) is 6.00. The zero-order chi connectivity index (χ0) is 8.27. The van der Waals surface area contributed by atoms with E-state index in [2.05, 4.69) is 15.9 Å². The monoisotopic (exact) mass is 219 g/mol. The smallest absolute Gasteiger partial charge is 0.110 e. The second-order valence-corrected chi connectivity index (χ2v) is 3.03. The van der Waals surface area contributed by atoms with Crippen LogP contribution >= 0.6 is 15.9 Å². The maximum atomic E-state index is 9.17.